The van der Waals surface area contributed by atoms with Crippen LogP contribution < -0.4 is 5.32 Å². The van der Waals surface area contributed by atoms with Crippen molar-refractivity contribution in [3.05, 3.63) is 36.2 Å². The highest BCUT2D eigenvalue weighted by molar-refractivity contribution is 6.15. The molecule has 2 amide bonds. The fourth-order valence-corrected chi connectivity index (χ4v) is 2.83. The molecule has 2 atom stereocenters. The number of rotatable bonds is 1. The Kier molecular flexibility index (Phi) is 1.58. The van der Waals surface area contributed by atoms with Crippen LogP contribution in [0.4, 0.5) is 0 Å². The predicted octanol–water partition coefficient (Wildman–Crippen LogP) is 0.544. The summed E-state index contributed by atoms with van der Waals surface area (Å²) < 4.78 is 0. The number of nitrogens with zero attached hydrogens (tertiary/aromatic N) is 2. The number of piperidine rings is 1. The highest BCUT2D eigenvalue weighted by Crippen LogP contribution is 2.57. The monoisotopic (exact) mass is 239 g/mol. The summed E-state index contributed by atoms with van der Waals surface area (Å²) in [5, 5.41) is 2.39. The first-order chi connectivity index (χ1) is 8.72. The maximum Gasteiger partial charge on any atom is 0.238 e. The quantitative estimate of drug-likeness (QED) is 0.737. The standard InChI is InChI=1S/C13H9N3O2/c17-11-8-6-13(8,12(18)16-11)7-1-2-9-10(5-7)15-4-3-14-9/h1-5,8H,6H2,(H,16,17,18)/t8-,13+/m0/s1. The smallest absolute Gasteiger partial charge is 0.238 e. The highest BCUT2D eigenvalue weighted by atomic mass is 16.2. The summed E-state index contributed by atoms with van der Waals surface area (Å²) in [5.41, 5.74) is 1.77. The molecule has 1 N–H and O–H groups in total. The fraction of sp³-hybridized carbons (Fsp3) is 0.231. The molecule has 18 heavy (non-hydrogen) atoms. The lowest BCUT2D eigenvalue weighted by Crippen LogP contribution is -2.30. The van der Waals surface area contributed by atoms with Crippen molar-refractivity contribution in [3.8, 4) is 0 Å². The van der Waals surface area contributed by atoms with Gasteiger partial charge in [0.25, 0.3) is 0 Å². The fourth-order valence-electron chi connectivity index (χ4n) is 2.83. The molecule has 2 heterocycles. The maximum absolute atomic E-state index is 11.9. The maximum atomic E-state index is 11.9. The number of imide groups is 1. The van der Waals surface area contributed by atoms with E-state index in [0.717, 1.165) is 16.6 Å². The molecule has 4 rings (SSSR count). The van der Waals surface area contributed by atoms with Gasteiger partial charge < -0.3 is 0 Å². The van der Waals surface area contributed by atoms with Crippen LogP contribution in [0.1, 0.15) is 12.0 Å². The van der Waals surface area contributed by atoms with Crippen molar-refractivity contribution in [2.24, 2.45) is 5.92 Å². The minimum atomic E-state index is -0.636. The van der Waals surface area contributed by atoms with Gasteiger partial charge in [-0.15, -0.1) is 0 Å². The Morgan fingerprint density at radius 2 is 1.94 bits per heavy atom. The van der Waals surface area contributed by atoms with E-state index in [4.69, 9.17) is 0 Å². The summed E-state index contributed by atoms with van der Waals surface area (Å²) in [6.07, 6.45) is 3.86. The summed E-state index contributed by atoms with van der Waals surface area (Å²) in [6, 6.07) is 5.58. The topological polar surface area (TPSA) is 72.0 Å². The number of benzene rings is 1. The van der Waals surface area contributed by atoms with Gasteiger partial charge in [0.05, 0.1) is 22.4 Å². The second kappa shape index (κ2) is 2.93. The molecule has 5 heteroatoms. The zero-order valence-electron chi connectivity index (χ0n) is 9.38. The van der Waals surface area contributed by atoms with Gasteiger partial charge in [0.2, 0.25) is 11.8 Å². The first-order valence-electron chi connectivity index (χ1n) is 5.78. The number of aromatic nitrogens is 2. The normalized spacial score (nSPS) is 29.2. The molecule has 1 saturated heterocycles. The van der Waals surface area contributed by atoms with Gasteiger partial charge in [-0.2, -0.15) is 0 Å². The van der Waals surface area contributed by atoms with Gasteiger partial charge in [0.1, 0.15) is 0 Å². The molecular formula is C13H9N3O2. The Bertz CT molecular complexity index is 712. The van der Waals surface area contributed by atoms with E-state index >= 15 is 0 Å². The van der Waals surface area contributed by atoms with Crippen molar-refractivity contribution < 1.29 is 9.59 Å². The van der Waals surface area contributed by atoms with Gasteiger partial charge in [0, 0.05) is 12.4 Å². The van der Waals surface area contributed by atoms with Gasteiger partial charge in [-0.05, 0) is 24.1 Å². The second-order valence-corrected chi connectivity index (χ2v) is 4.81. The molecule has 0 unspecified atom stereocenters. The first kappa shape index (κ1) is 9.70. The average Bonchev–Trinajstić information content (AvgIpc) is 3.09. The Labute approximate surface area is 102 Å². The van der Waals surface area contributed by atoms with E-state index in [0.29, 0.717) is 6.42 Å². The number of nitrogens with one attached hydrogen (secondary N) is 1. The second-order valence-electron chi connectivity index (χ2n) is 4.81. The third-order valence-electron chi connectivity index (χ3n) is 3.90. The van der Waals surface area contributed by atoms with Crippen LogP contribution in [0.3, 0.4) is 0 Å². The Morgan fingerprint density at radius 3 is 2.61 bits per heavy atom. The molecule has 0 radical (unpaired) electrons. The summed E-state index contributed by atoms with van der Waals surface area (Å²) in [5.74, 6) is -0.529. The molecule has 0 spiro atoms. The molecular weight excluding hydrogens is 230 g/mol. The zero-order valence-corrected chi connectivity index (χ0v) is 9.38. The number of carbonyl (C=O) groups excluding carboxylic acids is 2. The minimum absolute atomic E-state index is 0.153. The lowest BCUT2D eigenvalue weighted by Gasteiger charge is -2.10. The van der Waals surface area contributed by atoms with Gasteiger partial charge in [0.15, 0.2) is 0 Å². The number of hydrogen-bond donors (Lipinski definition) is 1. The van der Waals surface area contributed by atoms with Crippen LogP contribution in [0.15, 0.2) is 30.6 Å². The van der Waals surface area contributed by atoms with Crippen LogP contribution in [-0.2, 0) is 15.0 Å². The lowest BCUT2D eigenvalue weighted by atomic mass is 9.94. The van der Waals surface area contributed by atoms with E-state index in [1.807, 2.05) is 18.2 Å². The largest absolute Gasteiger partial charge is 0.295 e. The SMILES string of the molecule is O=C1NC(=O)[C@@]2(c3ccc4nccnc4c3)C[C@@H]12. The van der Waals surface area contributed by atoms with E-state index in [1.54, 1.807) is 12.4 Å². The Morgan fingerprint density at radius 1 is 1.17 bits per heavy atom. The van der Waals surface area contributed by atoms with Crippen molar-refractivity contribution in [1.82, 2.24) is 15.3 Å². The molecule has 2 aromatic rings. The average molecular weight is 239 g/mol. The molecule has 1 aliphatic heterocycles. The van der Waals surface area contributed by atoms with Crippen molar-refractivity contribution in [2.75, 3.05) is 0 Å². The van der Waals surface area contributed by atoms with Crippen molar-refractivity contribution >= 4 is 22.8 Å². The summed E-state index contributed by atoms with van der Waals surface area (Å²) >= 11 is 0. The van der Waals surface area contributed by atoms with Crippen LogP contribution in [0.2, 0.25) is 0 Å². The van der Waals surface area contributed by atoms with Crippen molar-refractivity contribution in [3.63, 3.8) is 0 Å². The number of amides is 2. The third kappa shape index (κ3) is 1.01. The van der Waals surface area contributed by atoms with E-state index in [2.05, 4.69) is 15.3 Å². The molecule has 1 aromatic heterocycles. The Balaban J connectivity index is 1.89. The summed E-state index contributed by atoms with van der Waals surface area (Å²) in [7, 11) is 0. The number of fused-ring (bicyclic) bond motifs is 2. The molecule has 5 nitrogen and oxygen atoms in total. The summed E-state index contributed by atoms with van der Waals surface area (Å²) in [4.78, 5) is 31.8. The van der Waals surface area contributed by atoms with Gasteiger partial charge in [-0.3, -0.25) is 24.9 Å². The molecule has 88 valence electrons. The summed E-state index contributed by atoms with van der Waals surface area (Å²) in [6.45, 7) is 0. The van der Waals surface area contributed by atoms with Crippen molar-refractivity contribution in [2.45, 2.75) is 11.8 Å². The van der Waals surface area contributed by atoms with Gasteiger partial charge in [-0.25, -0.2) is 0 Å². The Hall–Kier alpha value is -2.30. The van der Waals surface area contributed by atoms with E-state index in [-0.39, 0.29) is 17.7 Å². The van der Waals surface area contributed by atoms with E-state index < -0.39 is 5.41 Å². The molecule has 1 saturated carbocycles. The molecule has 2 fully saturated rings. The predicted molar refractivity (Wildman–Crippen MR) is 62.5 cm³/mol. The molecule has 2 aliphatic rings. The van der Waals surface area contributed by atoms with Gasteiger partial charge >= 0.3 is 0 Å². The first-order valence-corrected chi connectivity index (χ1v) is 5.78. The molecule has 1 aliphatic carbocycles. The van der Waals surface area contributed by atoms with Crippen LogP contribution in [0.5, 0.6) is 0 Å². The third-order valence-corrected chi connectivity index (χ3v) is 3.90. The van der Waals surface area contributed by atoms with Gasteiger partial charge in [-0.1, -0.05) is 6.07 Å². The number of carbonyl (C=O) groups is 2. The number of hydrogen-bond acceptors (Lipinski definition) is 4. The minimum Gasteiger partial charge on any atom is -0.295 e. The van der Waals surface area contributed by atoms with E-state index in [1.165, 1.54) is 0 Å². The van der Waals surface area contributed by atoms with Crippen LogP contribution >= 0.6 is 0 Å². The zero-order chi connectivity index (χ0) is 12.3. The molecule has 1 aromatic carbocycles. The van der Waals surface area contributed by atoms with Crippen LogP contribution in [0, 0.1) is 5.92 Å². The van der Waals surface area contributed by atoms with Crippen LogP contribution in [-0.4, -0.2) is 21.8 Å². The van der Waals surface area contributed by atoms with E-state index in [9.17, 15) is 9.59 Å². The van der Waals surface area contributed by atoms with Crippen molar-refractivity contribution in [1.29, 1.82) is 0 Å². The lowest BCUT2D eigenvalue weighted by molar-refractivity contribution is -0.127. The van der Waals surface area contributed by atoms with Crippen LogP contribution in [0.25, 0.3) is 11.0 Å². The highest BCUT2D eigenvalue weighted by Gasteiger charge is 2.69. The molecule has 0 bridgehead atoms.